The Labute approximate surface area is 327 Å². The third-order valence-electron chi connectivity index (χ3n) is 10.8. The molecule has 0 unspecified atom stereocenters. The molecule has 8 aromatic rings. The van der Waals surface area contributed by atoms with Gasteiger partial charge in [-0.05, 0) is 114 Å². The van der Waals surface area contributed by atoms with Gasteiger partial charge in [-0.2, -0.15) is 0 Å². The fourth-order valence-corrected chi connectivity index (χ4v) is 7.51. The van der Waals surface area contributed by atoms with E-state index in [0.29, 0.717) is 0 Å². The molecule has 0 aromatic heterocycles. The van der Waals surface area contributed by atoms with Crippen LogP contribution in [-0.4, -0.2) is 0 Å². The largest absolute Gasteiger partial charge is 0.311 e. The first-order valence-corrected chi connectivity index (χ1v) is 19.4. The minimum Gasteiger partial charge on any atom is -0.311 e. The molecule has 1 nitrogen and oxygen atoms in total. The van der Waals surface area contributed by atoms with Crippen LogP contribution in [-0.2, 0) is 10.8 Å². The van der Waals surface area contributed by atoms with Crippen molar-refractivity contribution in [3.63, 3.8) is 0 Å². The summed E-state index contributed by atoms with van der Waals surface area (Å²) in [6, 6.07) is 69.0. The van der Waals surface area contributed by atoms with Crippen molar-refractivity contribution in [2.24, 2.45) is 0 Å². The number of hydrogen-bond donors (Lipinski definition) is 0. The Bertz CT molecular complexity index is 2450. The molecule has 0 saturated heterocycles. The summed E-state index contributed by atoms with van der Waals surface area (Å²) in [5.74, 6) is 0. The fraction of sp³-hybridized carbons (Fsp3) is 0.148. The van der Waals surface area contributed by atoms with Crippen LogP contribution in [0.1, 0.15) is 52.7 Å². The van der Waals surface area contributed by atoms with Crippen LogP contribution in [0, 0.1) is 0 Å². The van der Waals surface area contributed by atoms with Crippen molar-refractivity contribution in [1.82, 2.24) is 0 Å². The van der Waals surface area contributed by atoms with E-state index in [9.17, 15) is 0 Å². The first kappa shape index (κ1) is 35.8. The second-order valence-electron chi connectivity index (χ2n) is 16.7. The summed E-state index contributed by atoms with van der Waals surface area (Å²) >= 11 is 0. The van der Waals surface area contributed by atoms with Crippen molar-refractivity contribution in [1.29, 1.82) is 0 Å². The van der Waals surface area contributed by atoms with E-state index < -0.39 is 0 Å². The van der Waals surface area contributed by atoms with Gasteiger partial charge >= 0.3 is 0 Å². The molecule has 0 bridgehead atoms. The van der Waals surface area contributed by atoms with E-state index in [1.54, 1.807) is 0 Å². The van der Waals surface area contributed by atoms with Crippen LogP contribution in [0.4, 0.5) is 17.1 Å². The van der Waals surface area contributed by atoms with Crippen molar-refractivity contribution in [3.8, 4) is 44.5 Å². The van der Waals surface area contributed by atoms with Crippen molar-refractivity contribution in [3.05, 3.63) is 199 Å². The number of hydrogen-bond acceptors (Lipinski definition) is 1. The third kappa shape index (κ3) is 7.62. The maximum atomic E-state index is 2.36. The number of nitrogens with zero attached hydrogens (tertiary/aromatic N) is 1. The molecule has 0 aliphatic heterocycles. The highest BCUT2D eigenvalue weighted by Crippen LogP contribution is 2.39. The summed E-state index contributed by atoms with van der Waals surface area (Å²) in [4.78, 5) is 2.36. The zero-order valence-corrected chi connectivity index (χ0v) is 32.8. The van der Waals surface area contributed by atoms with Crippen LogP contribution in [0.5, 0.6) is 0 Å². The van der Waals surface area contributed by atoms with Crippen LogP contribution in [0.2, 0.25) is 0 Å². The maximum absolute atomic E-state index is 2.36. The standard InChI is InChI=1S/C54H49N/c1-53(2,3)46-16-9-14-44(36-46)40-26-32-49(33-27-40)55(50-34-28-41(29-35-50)45-15-10-17-47(37-45)54(4,5)6)48-30-24-39(25-31-48)38-20-22-43(23-21-38)52-19-11-13-42-12-7-8-18-51(42)52/h7-37H,1-6H3. The van der Waals surface area contributed by atoms with Gasteiger partial charge < -0.3 is 4.90 Å². The molecule has 0 aliphatic rings. The average Bonchev–Trinajstić information content (AvgIpc) is 3.21. The normalized spacial score (nSPS) is 11.8. The van der Waals surface area contributed by atoms with Gasteiger partial charge in [-0.1, -0.05) is 193 Å². The van der Waals surface area contributed by atoms with E-state index in [1.165, 1.54) is 66.4 Å². The van der Waals surface area contributed by atoms with Crippen molar-refractivity contribution < 1.29 is 0 Å². The highest BCUT2D eigenvalue weighted by Gasteiger charge is 2.17. The molecule has 0 amide bonds. The Balaban J connectivity index is 1.13. The molecule has 0 radical (unpaired) electrons. The van der Waals surface area contributed by atoms with Crippen LogP contribution in [0.3, 0.4) is 0 Å². The number of anilines is 3. The molecule has 0 saturated carbocycles. The number of rotatable bonds is 7. The summed E-state index contributed by atoms with van der Waals surface area (Å²) in [6.07, 6.45) is 0. The SMILES string of the molecule is CC(C)(C)c1cccc(-c2ccc(N(c3ccc(-c4ccc(-c5cccc6ccccc56)cc4)cc3)c3ccc(-c4cccc(C(C)(C)C)c4)cc3)cc2)c1. The van der Waals surface area contributed by atoms with E-state index >= 15 is 0 Å². The molecule has 0 heterocycles. The Hall–Kier alpha value is -6.18. The predicted octanol–water partition coefficient (Wildman–Crippen LogP) is 15.6. The van der Waals surface area contributed by atoms with Crippen molar-refractivity contribution in [2.45, 2.75) is 52.4 Å². The second-order valence-corrected chi connectivity index (χ2v) is 16.7. The van der Waals surface area contributed by atoms with E-state index in [2.05, 4.69) is 234 Å². The number of fused-ring (bicyclic) bond motifs is 1. The van der Waals surface area contributed by atoms with Gasteiger partial charge in [0.05, 0.1) is 0 Å². The van der Waals surface area contributed by atoms with E-state index in [1.807, 2.05) is 0 Å². The summed E-state index contributed by atoms with van der Waals surface area (Å²) in [7, 11) is 0. The molecule has 270 valence electrons. The molecule has 0 fully saturated rings. The van der Waals surface area contributed by atoms with Gasteiger partial charge in [-0.15, -0.1) is 0 Å². The minimum absolute atomic E-state index is 0.0952. The summed E-state index contributed by atoms with van der Waals surface area (Å²) in [5, 5.41) is 2.54. The molecule has 0 spiro atoms. The van der Waals surface area contributed by atoms with Crippen LogP contribution in [0.25, 0.3) is 55.3 Å². The minimum atomic E-state index is 0.0952. The summed E-state index contributed by atoms with van der Waals surface area (Å²) in [6.45, 7) is 13.6. The lowest BCUT2D eigenvalue weighted by atomic mass is 9.85. The van der Waals surface area contributed by atoms with Gasteiger partial charge in [0.1, 0.15) is 0 Å². The molecule has 0 N–H and O–H groups in total. The van der Waals surface area contributed by atoms with Crippen LogP contribution in [0.15, 0.2) is 188 Å². The second kappa shape index (κ2) is 14.6. The third-order valence-corrected chi connectivity index (χ3v) is 10.8. The first-order chi connectivity index (χ1) is 26.5. The van der Waals surface area contributed by atoms with Crippen LogP contribution >= 0.6 is 0 Å². The fourth-order valence-electron chi connectivity index (χ4n) is 7.51. The lowest BCUT2D eigenvalue weighted by molar-refractivity contribution is 0.590. The zero-order chi connectivity index (χ0) is 38.2. The van der Waals surface area contributed by atoms with Crippen molar-refractivity contribution >= 4 is 27.8 Å². The summed E-state index contributed by atoms with van der Waals surface area (Å²) < 4.78 is 0. The van der Waals surface area contributed by atoms with Gasteiger partial charge in [0.25, 0.3) is 0 Å². The summed E-state index contributed by atoms with van der Waals surface area (Å²) in [5.41, 5.74) is 16.0. The predicted molar refractivity (Wildman–Crippen MR) is 238 cm³/mol. The Morgan fingerprint density at radius 1 is 0.309 bits per heavy atom. The Kier molecular flexibility index (Phi) is 9.49. The smallest absolute Gasteiger partial charge is 0.0462 e. The first-order valence-electron chi connectivity index (χ1n) is 19.4. The molecule has 1 heteroatoms. The molecule has 55 heavy (non-hydrogen) atoms. The van der Waals surface area contributed by atoms with Crippen molar-refractivity contribution in [2.75, 3.05) is 4.90 Å². The van der Waals surface area contributed by atoms with E-state index in [4.69, 9.17) is 0 Å². The van der Waals surface area contributed by atoms with Gasteiger partial charge in [0.15, 0.2) is 0 Å². The van der Waals surface area contributed by atoms with Crippen LogP contribution < -0.4 is 4.90 Å². The molecule has 8 aromatic carbocycles. The molecular formula is C54H49N. The number of benzene rings is 8. The quantitative estimate of drug-likeness (QED) is 0.159. The average molecular weight is 712 g/mol. The van der Waals surface area contributed by atoms with Gasteiger partial charge in [-0.3, -0.25) is 0 Å². The monoisotopic (exact) mass is 711 g/mol. The zero-order valence-electron chi connectivity index (χ0n) is 32.8. The lowest BCUT2D eigenvalue weighted by Crippen LogP contribution is -2.11. The van der Waals surface area contributed by atoms with E-state index in [-0.39, 0.29) is 10.8 Å². The molecule has 0 aliphatic carbocycles. The Morgan fingerprint density at radius 3 is 1.13 bits per heavy atom. The van der Waals surface area contributed by atoms with Gasteiger partial charge in [0, 0.05) is 17.1 Å². The van der Waals surface area contributed by atoms with Gasteiger partial charge in [0.2, 0.25) is 0 Å². The molecular weight excluding hydrogens is 663 g/mol. The molecule has 8 rings (SSSR count). The highest BCUT2D eigenvalue weighted by molar-refractivity contribution is 5.97. The van der Waals surface area contributed by atoms with E-state index in [0.717, 1.165) is 17.1 Å². The highest BCUT2D eigenvalue weighted by atomic mass is 15.1. The lowest BCUT2D eigenvalue weighted by Gasteiger charge is -2.26. The van der Waals surface area contributed by atoms with Gasteiger partial charge in [-0.25, -0.2) is 0 Å². The topological polar surface area (TPSA) is 3.24 Å². The molecule has 0 atom stereocenters. The Morgan fingerprint density at radius 2 is 0.673 bits per heavy atom. The maximum Gasteiger partial charge on any atom is 0.0462 e.